The van der Waals surface area contributed by atoms with Crippen molar-refractivity contribution in [2.45, 2.75) is 55.3 Å². The van der Waals surface area contributed by atoms with Gasteiger partial charge < -0.3 is 40.7 Å². The van der Waals surface area contributed by atoms with Gasteiger partial charge in [0.05, 0.1) is 6.61 Å². The molecule has 3 unspecified atom stereocenters. The Bertz CT molecular complexity index is 543. The molecule has 11 nitrogen and oxygen atoms in total. The number of aliphatic hydroxyl groups excluding tert-OH is 4. The van der Waals surface area contributed by atoms with Gasteiger partial charge in [0.2, 0.25) is 0 Å². The number of hydrogen-bond acceptors (Lipinski definition) is 8. The second-order valence-corrected chi connectivity index (χ2v) is 5.67. The number of nitrogens with one attached hydrogen (secondary N) is 1. The number of ether oxygens (including phenoxy) is 1. The molecular weight excluding hydrogens is 368 g/mol. The van der Waals surface area contributed by atoms with Gasteiger partial charge in [-0.1, -0.05) is 0 Å². The maximum absolute atomic E-state index is 14.3. The molecule has 0 radical (unpaired) electrons. The molecule has 1 rings (SSSR count). The van der Waals surface area contributed by atoms with Gasteiger partial charge in [-0.3, -0.25) is 9.59 Å². The zero-order valence-electron chi connectivity index (χ0n) is 13.2. The van der Waals surface area contributed by atoms with Crippen molar-refractivity contribution in [1.82, 2.24) is 5.32 Å². The predicted molar refractivity (Wildman–Crippen MR) is 75.2 cm³/mol. The zero-order valence-corrected chi connectivity index (χ0v) is 13.2. The van der Waals surface area contributed by atoms with Crippen LogP contribution in [0.25, 0.3) is 0 Å². The van der Waals surface area contributed by atoms with E-state index in [1.54, 1.807) is 0 Å². The van der Waals surface area contributed by atoms with E-state index in [0.717, 1.165) is 0 Å². The lowest BCUT2D eigenvalue weighted by molar-refractivity contribution is -0.274. The van der Waals surface area contributed by atoms with Gasteiger partial charge in [-0.2, -0.15) is 8.78 Å². The third-order valence-corrected chi connectivity index (χ3v) is 3.80. The minimum Gasteiger partial charge on any atom is -0.481 e. The summed E-state index contributed by atoms with van der Waals surface area (Å²) in [6.07, 6.45) is -12.3. The van der Waals surface area contributed by atoms with Crippen molar-refractivity contribution in [3.63, 3.8) is 0 Å². The number of aliphatic hydroxyl groups is 4. The SMILES string of the molecule is O=C(O)CC[C@H](NC(=O)C(F)(F)[C@@H]1OC(CO)[C@@H](O)C(O)C1O)C(=O)O. The summed E-state index contributed by atoms with van der Waals surface area (Å²) >= 11 is 0. The number of carboxylic acid groups (broad SMARTS) is 2. The summed E-state index contributed by atoms with van der Waals surface area (Å²) in [5, 5.41) is 56.5. The van der Waals surface area contributed by atoms with Gasteiger partial charge in [0, 0.05) is 6.42 Å². The molecule has 6 atom stereocenters. The van der Waals surface area contributed by atoms with Crippen LogP contribution in [0.4, 0.5) is 8.78 Å². The molecule has 0 aliphatic carbocycles. The van der Waals surface area contributed by atoms with Gasteiger partial charge >= 0.3 is 17.9 Å². The number of amides is 1. The van der Waals surface area contributed by atoms with Gasteiger partial charge in [-0.15, -0.1) is 0 Å². The second kappa shape index (κ2) is 8.64. The fourth-order valence-corrected chi connectivity index (χ4v) is 2.31. The Morgan fingerprint density at radius 2 is 1.65 bits per heavy atom. The molecular formula is C13H19F2NO10. The van der Waals surface area contributed by atoms with E-state index in [9.17, 15) is 38.5 Å². The van der Waals surface area contributed by atoms with Crippen LogP contribution < -0.4 is 5.32 Å². The predicted octanol–water partition coefficient (Wildman–Crippen LogP) is -3.10. The van der Waals surface area contributed by atoms with E-state index in [1.807, 2.05) is 0 Å². The Morgan fingerprint density at radius 1 is 1.08 bits per heavy atom. The first-order chi connectivity index (χ1) is 11.9. The Balaban J connectivity index is 2.94. The summed E-state index contributed by atoms with van der Waals surface area (Å²) in [4.78, 5) is 33.2. The molecule has 1 aliphatic rings. The molecule has 0 aromatic rings. The molecule has 0 spiro atoms. The van der Waals surface area contributed by atoms with Crippen LogP contribution in [-0.2, 0) is 19.1 Å². The average Bonchev–Trinajstić information content (AvgIpc) is 2.55. The van der Waals surface area contributed by atoms with Crippen molar-refractivity contribution < 1.29 is 58.5 Å². The van der Waals surface area contributed by atoms with E-state index < -0.39 is 79.8 Å². The maximum atomic E-state index is 14.3. The van der Waals surface area contributed by atoms with Gasteiger partial charge in [0.15, 0.2) is 6.10 Å². The highest BCUT2D eigenvalue weighted by Crippen LogP contribution is 2.32. The highest BCUT2D eigenvalue weighted by molar-refractivity contribution is 5.88. The highest BCUT2D eigenvalue weighted by atomic mass is 19.3. The summed E-state index contributed by atoms with van der Waals surface area (Å²) in [6, 6.07) is -1.95. The Hall–Kier alpha value is -1.93. The summed E-state index contributed by atoms with van der Waals surface area (Å²) in [6.45, 7) is -1.00. The molecule has 1 fully saturated rings. The molecule has 26 heavy (non-hydrogen) atoms. The molecule has 13 heteroatoms. The van der Waals surface area contributed by atoms with Crippen molar-refractivity contribution in [2.24, 2.45) is 0 Å². The van der Waals surface area contributed by atoms with Crippen LogP contribution in [0.1, 0.15) is 12.8 Å². The first-order valence-corrected chi connectivity index (χ1v) is 7.37. The molecule has 0 aromatic heterocycles. The largest absolute Gasteiger partial charge is 0.481 e. The topological polar surface area (TPSA) is 194 Å². The minimum atomic E-state index is -4.56. The normalized spacial score (nSPS) is 30.5. The Labute approximate surface area is 144 Å². The third-order valence-electron chi connectivity index (χ3n) is 3.80. The molecule has 0 aromatic carbocycles. The number of carbonyl (C=O) groups excluding carboxylic acids is 1. The zero-order chi connectivity index (χ0) is 20.2. The van der Waals surface area contributed by atoms with Gasteiger partial charge in [0.25, 0.3) is 5.91 Å². The van der Waals surface area contributed by atoms with Crippen molar-refractivity contribution >= 4 is 17.8 Å². The van der Waals surface area contributed by atoms with Crippen molar-refractivity contribution in [3.05, 3.63) is 0 Å². The van der Waals surface area contributed by atoms with Crippen LogP contribution in [0.5, 0.6) is 0 Å². The number of halogens is 2. The number of aliphatic carboxylic acids is 2. The van der Waals surface area contributed by atoms with Crippen molar-refractivity contribution in [2.75, 3.05) is 6.61 Å². The van der Waals surface area contributed by atoms with Crippen LogP contribution >= 0.6 is 0 Å². The van der Waals surface area contributed by atoms with Crippen LogP contribution in [0.15, 0.2) is 0 Å². The monoisotopic (exact) mass is 387 g/mol. The first kappa shape index (κ1) is 22.1. The number of rotatable bonds is 8. The molecule has 7 N–H and O–H groups in total. The quantitative estimate of drug-likeness (QED) is 0.224. The van der Waals surface area contributed by atoms with Crippen LogP contribution in [0.2, 0.25) is 0 Å². The molecule has 1 amide bonds. The van der Waals surface area contributed by atoms with E-state index >= 15 is 0 Å². The van der Waals surface area contributed by atoms with E-state index in [1.165, 1.54) is 5.32 Å². The average molecular weight is 387 g/mol. The fraction of sp³-hybridized carbons (Fsp3) is 0.769. The lowest BCUT2D eigenvalue weighted by Crippen LogP contribution is -2.66. The van der Waals surface area contributed by atoms with Crippen LogP contribution in [0.3, 0.4) is 0 Å². The van der Waals surface area contributed by atoms with E-state index in [4.69, 9.17) is 15.3 Å². The lowest BCUT2D eigenvalue weighted by atomic mass is 9.91. The van der Waals surface area contributed by atoms with Gasteiger partial charge in [-0.25, -0.2) is 4.79 Å². The number of carbonyl (C=O) groups is 3. The maximum Gasteiger partial charge on any atom is 0.352 e. The summed E-state index contributed by atoms with van der Waals surface area (Å²) in [5.74, 6) is -9.93. The van der Waals surface area contributed by atoms with Gasteiger partial charge in [-0.05, 0) is 6.42 Å². The van der Waals surface area contributed by atoms with E-state index in [0.29, 0.717) is 0 Å². The highest BCUT2D eigenvalue weighted by Gasteiger charge is 2.58. The standard InChI is InChI=1S/C13H19F2NO10/c14-13(15,10-9(22)8(21)7(20)5(3-17)26-10)12(25)16-4(11(23)24)1-2-6(18)19/h4-5,7-10,17,20-22H,1-3H2,(H,16,25)(H,18,19)(H,23,24)/t4-,5?,7+,8?,9?,10+/m0/s1. The Morgan fingerprint density at radius 3 is 2.12 bits per heavy atom. The number of alkyl halides is 2. The Kier molecular flexibility index (Phi) is 7.35. The first-order valence-electron chi connectivity index (χ1n) is 7.37. The van der Waals surface area contributed by atoms with Crippen LogP contribution in [-0.4, -0.2) is 97.6 Å². The lowest BCUT2D eigenvalue weighted by Gasteiger charge is -2.42. The van der Waals surface area contributed by atoms with E-state index in [-0.39, 0.29) is 0 Å². The molecule has 150 valence electrons. The third kappa shape index (κ3) is 4.82. The van der Waals surface area contributed by atoms with Crippen molar-refractivity contribution in [1.29, 1.82) is 0 Å². The van der Waals surface area contributed by atoms with E-state index in [2.05, 4.69) is 4.74 Å². The minimum absolute atomic E-state index is 0.679. The molecule has 0 bridgehead atoms. The van der Waals surface area contributed by atoms with Crippen LogP contribution in [0, 0.1) is 0 Å². The fourth-order valence-electron chi connectivity index (χ4n) is 2.31. The van der Waals surface area contributed by atoms with Gasteiger partial charge in [0.1, 0.15) is 30.5 Å². The number of carboxylic acids is 2. The smallest absolute Gasteiger partial charge is 0.352 e. The molecule has 1 saturated heterocycles. The molecule has 1 heterocycles. The summed E-state index contributed by atoms with van der Waals surface area (Å²) < 4.78 is 33.2. The number of hydrogen-bond donors (Lipinski definition) is 7. The summed E-state index contributed by atoms with van der Waals surface area (Å²) in [7, 11) is 0. The molecule has 1 aliphatic heterocycles. The summed E-state index contributed by atoms with van der Waals surface area (Å²) in [5.41, 5.74) is 0. The van der Waals surface area contributed by atoms with Crippen molar-refractivity contribution in [3.8, 4) is 0 Å². The second-order valence-electron chi connectivity index (χ2n) is 5.67. The molecule has 0 saturated carbocycles.